The van der Waals surface area contributed by atoms with E-state index in [9.17, 15) is 5.11 Å². The van der Waals surface area contributed by atoms with Crippen molar-refractivity contribution in [1.29, 1.82) is 0 Å². The van der Waals surface area contributed by atoms with Crippen LogP contribution in [0.5, 0.6) is 0 Å². The number of hydrogen-bond donors (Lipinski definition) is 1. The number of alkyl halides is 3. The van der Waals surface area contributed by atoms with Crippen molar-refractivity contribution in [2.24, 2.45) is 23.2 Å². The van der Waals surface area contributed by atoms with Gasteiger partial charge in [-0.05, 0) is 62.5 Å². The Bertz CT molecular complexity index is 1230. The molecular weight excluding hydrogens is 519 g/mol. The molecule has 0 saturated heterocycles. The van der Waals surface area contributed by atoms with Crippen LogP contribution in [0.25, 0.3) is 10.2 Å². The number of ether oxygens (including phenoxy) is 1. The maximum absolute atomic E-state index is 15.2. The second kappa shape index (κ2) is 11.8. The SMILES string of the molecule is C=C1CC(C)C(C)(C)C(=C)C(C)C(O)C(C)CCC/C(C)=C\CC(c2ccc3sc(C)nc3c2)(C(F)(F)F)O1. The number of fused-ring (bicyclic) bond motifs is 1. The lowest BCUT2D eigenvalue weighted by molar-refractivity contribution is -0.272. The topological polar surface area (TPSA) is 42.4 Å². The number of halogens is 3. The Morgan fingerprint density at radius 1 is 1.13 bits per heavy atom. The minimum Gasteiger partial charge on any atom is -0.478 e. The number of aliphatic hydroxyl groups excluding tert-OH is 1. The summed E-state index contributed by atoms with van der Waals surface area (Å²) in [5.74, 6) is -0.152. The van der Waals surface area contributed by atoms with E-state index in [0.29, 0.717) is 11.9 Å². The fraction of sp³-hybridized carbons (Fsp3) is 0.594. The van der Waals surface area contributed by atoms with Gasteiger partial charge in [-0.3, -0.25) is 0 Å². The lowest BCUT2D eigenvalue weighted by Gasteiger charge is -2.41. The number of benzene rings is 1. The number of hydrogen-bond acceptors (Lipinski definition) is 4. The van der Waals surface area contributed by atoms with E-state index in [1.165, 1.54) is 23.5 Å². The van der Waals surface area contributed by atoms with Crippen LogP contribution in [0.15, 0.2) is 54.3 Å². The van der Waals surface area contributed by atoms with E-state index in [1.54, 1.807) is 12.1 Å². The third-order valence-electron chi connectivity index (χ3n) is 8.94. The fourth-order valence-electron chi connectivity index (χ4n) is 5.63. The van der Waals surface area contributed by atoms with Crippen LogP contribution >= 0.6 is 11.3 Å². The van der Waals surface area contributed by atoms with Crippen molar-refractivity contribution < 1.29 is 23.0 Å². The predicted molar refractivity (Wildman–Crippen MR) is 156 cm³/mol. The van der Waals surface area contributed by atoms with Crippen molar-refractivity contribution in [2.45, 2.75) is 98.5 Å². The molecule has 0 aliphatic carbocycles. The smallest absolute Gasteiger partial charge is 0.432 e. The lowest BCUT2D eigenvalue weighted by atomic mass is 9.67. The summed E-state index contributed by atoms with van der Waals surface area (Å²) >= 11 is 1.45. The summed E-state index contributed by atoms with van der Waals surface area (Å²) in [6.07, 6.45) is -1.53. The summed E-state index contributed by atoms with van der Waals surface area (Å²) in [5.41, 5.74) is -0.737. The van der Waals surface area contributed by atoms with Crippen molar-refractivity contribution in [3.8, 4) is 0 Å². The minimum absolute atomic E-state index is 0.0285. The molecule has 0 bridgehead atoms. The van der Waals surface area contributed by atoms with Gasteiger partial charge in [0.25, 0.3) is 0 Å². The predicted octanol–water partition coefficient (Wildman–Crippen LogP) is 9.65. The zero-order chi connectivity index (χ0) is 29.3. The molecule has 1 aromatic heterocycles. The molecule has 1 N–H and O–H groups in total. The van der Waals surface area contributed by atoms with Gasteiger partial charge in [-0.2, -0.15) is 13.2 Å². The average Bonchev–Trinajstić information content (AvgIpc) is 3.22. The summed E-state index contributed by atoms with van der Waals surface area (Å²) in [7, 11) is 0. The number of allylic oxidation sites excluding steroid dienone is 2. The van der Waals surface area contributed by atoms with E-state index in [0.717, 1.165) is 33.7 Å². The molecule has 0 fully saturated rings. The van der Waals surface area contributed by atoms with Crippen LogP contribution in [-0.2, 0) is 10.3 Å². The Morgan fingerprint density at radius 2 is 1.79 bits per heavy atom. The average molecular weight is 564 g/mol. The zero-order valence-electron chi connectivity index (χ0n) is 24.4. The van der Waals surface area contributed by atoms with Gasteiger partial charge < -0.3 is 9.84 Å². The number of thiazole rings is 1. The van der Waals surface area contributed by atoms with E-state index in [1.807, 2.05) is 48.5 Å². The van der Waals surface area contributed by atoms with E-state index in [-0.39, 0.29) is 41.9 Å². The Morgan fingerprint density at radius 3 is 2.44 bits per heavy atom. The summed E-state index contributed by atoms with van der Waals surface area (Å²) in [6.45, 7) is 22.1. The highest BCUT2D eigenvalue weighted by molar-refractivity contribution is 7.18. The number of nitrogens with zero attached hydrogens (tertiary/aromatic N) is 1. The third-order valence-corrected chi connectivity index (χ3v) is 9.90. The Labute approximate surface area is 235 Å². The van der Waals surface area contributed by atoms with Gasteiger partial charge >= 0.3 is 6.18 Å². The molecule has 2 heterocycles. The van der Waals surface area contributed by atoms with Crippen LogP contribution in [0, 0.1) is 30.1 Å². The van der Waals surface area contributed by atoms with E-state index >= 15 is 13.2 Å². The van der Waals surface area contributed by atoms with Crippen LogP contribution in [0.4, 0.5) is 13.2 Å². The number of aryl methyl sites for hydroxylation is 1. The summed E-state index contributed by atoms with van der Waals surface area (Å²) in [4.78, 5) is 4.45. The second-order valence-corrected chi connectivity index (χ2v) is 13.4. The summed E-state index contributed by atoms with van der Waals surface area (Å²) in [5, 5.41) is 11.9. The molecule has 0 spiro atoms. The van der Waals surface area contributed by atoms with Crippen molar-refractivity contribution in [3.63, 3.8) is 0 Å². The monoisotopic (exact) mass is 563 g/mol. The first-order chi connectivity index (χ1) is 18.0. The molecule has 5 unspecified atom stereocenters. The van der Waals surface area contributed by atoms with Crippen LogP contribution in [0.2, 0.25) is 0 Å². The second-order valence-electron chi connectivity index (χ2n) is 12.1. The molecule has 1 aliphatic rings. The molecule has 5 atom stereocenters. The number of rotatable bonds is 1. The van der Waals surface area contributed by atoms with Gasteiger partial charge in [0, 0.05) is 24.3 Å². The molecule has 1 aliphatic heterocycles. The molecular formula is C32H44F3NO2S. The minimum atomic E-state index is -4.70. The molecule has 1 aromatic carbocycles. The zero-order valence-corrected chi connectivity index (χ0v) is 25.2. The van der Waals surface area contributed by atoms with Crippen molar-refractivity contribution >= 4 is 21.6 Å². The normalized spacial score (nSPS) is 31.5. The fourth-order valence-corrected chi connectivity index (χ4v) is 6.44. The van der Waals surface area contributed by atoms with Gasteiger partial charge in [-0.15, -0.1) is 11.3 Å². The van der Waals surface area contributed by atoms with Gasteiger partial charge in [-0.1, -0.05) is 71.1 Å². The molecule has 3 rings (SSSR count). The lowest BCUT2D eigenvalue weighted by Crippen LogP contribution is -2.44. The van der Waals surface area contributed by atoms with Crippen molar-refractivity contribution in [3.05, 3.63) is 64.9 Å². The van der Waals surface area contributed by atoms with Gasteiger partial charge in [0.1, 0.15) is 0 Å². The number of aromatic nitrogens is 1. The number of aliphatic hydroxyl groups is 1. The molecule has 7 heteroatoms. The van der Waals surface area contributed by atoms with Crippen LogP contribution in [0.3, 0.4) is 0 Å². The summed E-state index contributed by atoms with van der Waals surface area (Å²) < 4.78 is 52.4. The molecule has 0 amide bonds. The van der Waals surface area contributed by atoms with Crippen LogP contribution < -0.4 is 0 Å². The van der Waals surface area contributed by atoms with E-state index in [4.69, 9.17) is 4.74 Å². The van der Waals surface area contributed by atoms with Crippen LogP contribution in [-0.4, -0.2) is 22.4 Å². The van der Waals surface area contributed by atoms with Gasteiger partial charge in [0.05, 0.1) is 27.1 Å². The maximum atomic E-state index is 15.2. The van der Waals surface area contributed by atoms with Gasteiger partial charge in [-0.25, -0.2) is 4.98 Å². The van der Waals surface area contributed by atoms with Crippen molar-refractivity contribution in [2.75, 3.05) is 0 Å². The quantitative estimate of drug-likeness (QED) is 0.351. The van der Waals surface area contributed by atoms with Gasteiger partial charge in [0.2, 0.25) is 5.60 Å². The molecule has 0 saturated carbocycles. The molecule has 39 heavy (non-hydrogen) atoms. The highest BCUT2D eigenvalue weighted by atomic mass is 32.1. The first-order valence-corrected chi connectivity index (χ1v) is 14.7. The van der Waals surface area contributed by atoms with Crippen LogP contribution in [0.1, 0.15) is 84.2 Å². The molecule has 2 aromatic rings. The highest BCUT2D eigenvalue weighted by Gasteiger charge is 2.58. The molecule has 3 nitrogen and oxygen atoms in total. The van der Waals surface area contributed by atoms with Gasteiger partial charge in [0.15, 0.2) is 0 Å². The van der Waals surface area contributed by atoms with E-state index in [2.05, 4.69) is 18.1 Å². The molecule has 0 radical (unpaired) electrons. The first-order valence-electron chi connectivity index (χ1n) is 13.8. The maximum Gasteiger partial charge on any atom is 0.432 e. The first kappa shape index (κ1) is 31.4. The summed E-state index contributed by atoms with van der Waals surface area (Å²) in [6, 6.07) is 4.73. The van der Waals surface area contributed by atoms with Crippen molar-refractivity contribution in [1.82, 2.24) is 4.98 Å². The Kier molecular flexibility index (Phi) is 9.48. The van der Waals surface area contributed by atoms with E-state index < -0.39 is 23.3 Å². The Balaban J connectivity index is 2.12. The standard InChI is InChI=1S/C32H44F3NO2S/c1-19-11-10-12-20(2)29(37)23(5)24(6)30(8,9)21(3)17-22(4)38-31(16-15-19,32(33,34)35)26-13-14-28-27(18-26)36-25(7)39-28/h13-15,18,20-21,23,29,37H,4,6,10-12,16-17H2,1-3,5,7-9H3/b19-15-. The third kappa shape index (κ3) is 6.62. The largest absolute Gasteiger partial charge is 0.478 e. The Hall–Kier alpha value is -2.12. The molecule has 216 valence electrons. The highest BCUT2D eigenvalue weighted by Crippen LogP contribution is 2.49.